The molecule has 0 radical (unpaired) electrons. The van der Waals surface area contributed by atoms with Crippen LogP contribution in [0, 0.1) is 0 Å². The molecule has 3 N–H and O–H groups in total. The van der Waals surface area contributed by atoms with E-state index in [-0.39, 0.29) is 5.54 Å². The van der Waals surface area contributed by atoms with Gasteiger partial charge in [-0.1, -0.05) is 0 Å². The molecule has 21 heavy (non-hydrogen) atoms. The zero-order chi connectivity index (χ0) is 16.2. The second kappa shape index (κ2) is 7.13. The van der Waals surface area contributed by atoms with Gasteiger partial charge in [0, 0.05) is 12.1 Å². The third kappa shape index (κ3) is 5.55. The Labute approximate surface area is 134 Å². The van der Waals surface area contributed by atoms with Crippen LogP contribution >= 0.6 is 15.9 Å². The first-order valence-electron chi connectivity index (χ1n) is 6.71. The zero-order valence-corrected chi connectivity index (χ0v) is 14.7. The maximum absolute atomic E-state index is 11.1. The summed E-state index contributed by atoms with van der Waals surface area (Å²) >= 11 is 3.45. The molecule has 118 valence electrons. The van der Waals surface area contributed by atoms with Crippen molar-refractivity contribution in [2.75, 3.05) is 7.11 Å². The van der Waals surface area contributed by atoms with Crippen LogP contribution in [0.4, 0.5) is 0 Å². The Balaban J connectivity index is 2.99. The summed E-state index contributed by atoms with van der Waals surface area (Å²) in [5, 5.41) is 3.40. The maximum atomic E-state index is 11.1. The molecule has 1 rings (SSSR count). The van der Waals surface area contributed by atoms with Crippen molar-refractivity contribution in [3.05, 3.63) is 22.2 Å². The Bertz CT molecular complexity index is 512. The summed E-state index contributed by atoms with van der Waals surface area (Å²) < 4.78 is 11.6. The van der Waals surface area contributed by atoms with E-state index in [0.29, 0.717) is 18.0 Å². The minimum Gasteiger partial charge on any atom is -0.493 e. The minimum absolute atomic E-state index is 0.0232. The number of halogens is 1. The van der Waals surface area contributed by atoms with E-state index in [9.17, 15) is 4.79 Å². The lowest BCUT2D eigenvalue weighted by molar-refractivity contribution is -0.124. The van der Waals surface area contributed by atoms with E-state index in [1.165, 1.54) is 0 Å². The number of ether oxygens (including phenoxy) is 2. The Hall–Kier alpha value is -1.27. The molecule has 0 bridgehead atoms. The predicted octanol–water partition coefficient (Wildman–Crippen LogP) is 2.60. The topological polar surface area (TPSA) is 73.6 Å². The molecule has 1 unspecified atom stereocenters. The monoisotopic (exact) mass is 358 g/mol. The standard InChI is InChI=1S/C15H23BrN2O3/c1-9(14(17)19)21-13-11(16)6-10(7-12(13)20-5)8-18-15(2,3)4/h6-7,9,18H,8H2,1-5H3,(H2,17,19). The fourth-order valence-electron chi connectivity index (χ4n) is 1.59. The smallest absolute Gasteiger partial charge is 0.258 e. The fourth-order valence-corrected chi connectivity index (χ4v) is 2.17. The second-order valence-electron chi connectivity index (χ2n) is 5.88. The molecular weight excluding hydrogens is 336 g/mol. The Kier molecular flexibility index (Phi) is 6.04. The summed E-state index contributed by atoms with van der Waals surface area (Å²) in [6, 6.07) is 3.82. The van der Waals surface area contributed by atoms with Gasteiger partial charge in [0.05, 0.1) is 11.6 Å². The molecule has 0 aliphatic heterocycles. The predicted molar refractivity (Wildman–Crippen MR) is 86.6 cm³/mol. The number of hydrogen-bond acceptors (Lipinski definition) is 4. The van der Waals surface area contributed by atoms with Gasteiger partial charge in [-0.3, -0.25) is 4.79 Å². The summed E-state index contributed by atoms with van der Waals surface area (Å²) in [5.41, 5.74) is 6.29. The number of hydrogen-bond donors (Lipinski definition) is 2. The zero-order valence-electron chi connectivity index (χ0n) is 13.1. The van der Waals surface area contributed by atoms with E-state index in [4.69, 9.17) is 15.2 Å². The lowest BCUT2D eigenvalue weighted by Gasteiger charge is -2.22. The van der Waals surface area contributed by atoms with Gasteiger partial charge in [-0.05, 0) is 61.3 Å². The quantitative estimate of drug-likeness (QED) is 0.819. The molecule has 5 nitrogen and oxygen atoms in total. The molecule has 0 aromatic heterocycles. The van der Waals surface area contributed by atoms with E-state index >= 15 is 0 Å². The van der Waals surface area contributed by atoms with E-state index in [2.05, 4.69) is 42.0 Å². The molecule has 1 atom stereocenters. The number of amides is 1. The second-order valence-corrected chi connectivity index (χ2v) is 6.73. The minimum atomic E-state index is -0.728. The van der Waals surface area contributed by atoms with Crippen LogP contribution in [0.25, 0.3) is 0 Å². The van der Waals surface area contributed by atoms with E-state index in [1.807, 2.05) is 12.1 Å². The van der Waals surface area contributed by atoms with Gasteiger partial charge in [0.25, 0.3) is 5.91 Å². The van der Waals surface area contributed by atoms with Gasteiger partial charge in [-0.25, -0.2) is 0 Å². The number of methoxy groups -OCH3 is 1. The third-order valence-electron chi connectivity index (χ3n) is 2.81. The van der Waals surface area contributed by atoms with Gasteiger partial charge in [0.15, 0.2) is 17.6 Å². The van der Waals surface area contributed by atoms with Crippen LogP contribution in [0.2, 0.25) is 0 Å². The van der Waals surface area contributed by atoms with Crippen LogP contribution in [0.15, 0.2) is 16.6 Å². The maximum Gasteiger partial charge on any atom is 0.258 e. The summed E-state index contributed by atoms with van der Waals surface area (Å²) in [4.78, 5) is 11.1. The van der Waals surface area contributed by atoms with Crippen molar-refractivity contribution in [1.82, 2.24) is 5.32 Å². The normalized spacial score (nSPS) is 12.9. The summed E-state index contributed by atoms with van der Waals surface area (Å²) in [7, 11) is 1.56. The molecule has 1 aromatic rings. The molecule has 1 amide bonds. The Morgan fingerprint density at radius 2 is 2.05 bits per heavy atom. The van der Waals surface area contributed by atoms with Crippen molar-refractivity contribution < 1.29 is 14.3 Å². The van der Waals surface area contributed by atoms with E-state index in [1.54, 1.807) is 14.0 Å². The first-order valence-corrected chi connectivity index (χ1v) is 7.50. The molecule has 0 heterocycles. The molecular formula is C15H23BrN2O3. The van der Waals surface area contributed by atoms with E-state index in [0.717, 1.165) is 10.0 Å². The first-order chi connectivity index (χ1) is 9.64. The molecule has 1 aromatic carbocycles. The van der Waals surface area contributed by atoms with E-state index < -0.39 is 12.0 Å². The van der Waals surface area contributed by atoms with Crippen LogP contribution in [0.1, 0.15) is 33.3 Å². The number of carbonyl (C=O) groups is 1. The van der Waals surface area contributed by atoms with Crippen LogP contribution < -0.4 is 20.5 Å². The van der Waals surface area contributed by atoms with Crippen LogP contribution in [0.3, 0.4) is 0 Å². The average molecular weight is 359 g/mol. The fraction of sp³-hybridized carbons (Fsp3) is 0.533. The van der Waals surface area contributed by atoms with Gasteiger partial charge in [0.1, 0.15) is 0 Å². The Morgan fingerprint density at radius 3 is 2.52 bits per heavy atom. The number of rotatable bonds is 6. The number of benzene rings is 1. The van der Waals surface area contributed by atoms with Gasteiger partial charge in [-0.2, -0.15) is 0 Å². The number of nitrogens with one attached hydrogen (secondary N) is 1. The summed E-state index contributed by atoms with van der Waals surface area (Å²) in [5.74, 6) is 0.508. The largest absolute Gasteiger partial charge is 0.493 e. The molecule has 0 fully saturated rings. The van der Waals surface area contributed by atoms with Gasteiger partial charge < -0.3 is 20.5 Å². The van der Waals surface area contributed by atoms with Crippen molar-refractivity contribution in [1.29, 1.82) is 0 Å². The highest BCUT2D eigenvalue weighted by molar-refractivity contribution is 9.10. The van der Waals surface area contributed by atoms with Crippen LogP contribution in [-0.2, 0) is 11.3 Å². The highest BCUT2D eigenvalue weighted by Crippen LogP contribution is 2.37. The lowest BCUT2D eigenvalue weighted by Crippen LogP contribution is -2.35. The third-order valence-corrected chi connectivity index (χ3v) is 3.40. The summed E-state index contributed by atoms with van der Waals surface area (Å²) in [6.07, 6.45) is -0.728. The Morgan fingerprint density at radius 1 is 1.43 bits per heavy atom. The number of nitrogens with two attached hydrogens (primary N) is 1. The SMILES string of the molecule is COc1cc(CNC(C)(C)C)cc(Br)c1OC(C)C(N)=O. The van der Waals surface area contributed by atoms with Gasteiger partial charge in [0.2, 0.25) is 0 Å². The molecule has 0 spiro atoms. The summed E-state index contributed by atoms with van der Waals surface area (Å²) in [6.45, 7) is 8.61. The molecule has 0 aliphatic rings. The molecule has 0 aliphatic carbocycles. The van der Waals surface area contributed by atoms with Crippen molar-refractivity contribution in [3.63, 3.8) is 0 Å². The van der Waals surface area contributed by atoms with Crippen molar-refractivity contribution >= 4 is 21.8 Å². The highest BCUT2D eigenvalue weighted by Gasteiger charge is 2.18. The number of primary amides is 1. The average Bonchev–Trinajstić information content (AvgIpc) is 2.37. The van der Waals surface area contributed by atoms with Crippen LogP contribution in [-0.4, -0.2) is 24.7 Å². The molecule has 0 saturated heterocycles. The lowest BCUT2D eigenvalue weighted by atomic mass is 10.1. The molecule has 0 saturated carbocycles. The van der Waals surface area contributed by atoms with Crippen molar-refractivity contribution in [2.45, 2.75) is 45.9 Å². The van der Waals surface area contributed by atoms with Gasteiger partial charge in [-0.15, -0.1) is 0 Å². The molecule has 6 heteroatoms. The first kappa shape index (κ1) is 17.8. The van der Waals surface area contributed by atoms with Crippen molar-refractivity contribution in [3.8, 4) is 11.5 Å². The van der Waals surface area contributed by atoms with Crippen molar-refractivity contribution in [2.24, 2.45) is 5.73 Å². The number of carbonyl (C=O) groups excluding carboxylic acids is 1. The highest BCUT2D eigenvalue weighted by atomic mass is 79.9. The van der Waals surface area contributed by atoms with Gasteiger partial charge >= 0.3 is 0 Å². The van der Waals surface area contributed by atoms with Crippen LogP contribution in [0.5, 0.6) is 11.5 Å².